The van der Waals surface area contributed by atoms with Crippen molar-refractivity contribution < 1.29 is 5.11 Å². The Morgan fingerprint density at radius 3 is 2.40 bits per heavy atom. The number of aromatic nitrogens is 2. The summed E-state index contributed by atoms with van der Waals surface area (Å²) in [4.78, 5) is 0. The zero-order chi connectivity index (χ0) is 14.5. The molecule has 0 fully saturated rings. The molecule has 0 spiro atoms. The fourth-order valence-corrected chi connectivity index (χ4v) is 1.82. The normalized spacial score (nSPS) is 10.1. The molecule has 20 heavy (non-hydrogen) atoms. The topological polar surface area (TPSA) is 81.8 Å². The van der Waals surface area contributed by atoms with Gasteiger partial charge in [-0.2, -0.15) is 10.4 Å². The molecule has 0 aliphatic heterocycles. The first-order valence-corrected chi connectivity index (χ1v) is 6.32. The van der Waals surface area contributed by atoms with Gasteiger partial charge >= 0.3 is 0 Å². The summed E-state index contributed by atoms with van der Waals surface area (Å²) < 4.78 is 0. The second-order valence-electron chi connectivity index (χ2n) is 4.57. The van der Waals surface area contributed by atoms with Gasteiger partial charge in [-0.25, -0.2) is 0 Å². The maximum Gasteiger partial charge on any atom is 0.167 e. The Hall–Kier alpha value is -2.45. The molecule has 0 bridgehead atoms. The lowest BCUT2D eigenvalue weighted by atomic mass is 10.1. The SMILES string of the molecule is Cc1nnc(NCc2ccc(CO)cc2)c(C#N)c1C. The van der Waals surface area contributed by atoms with Crippen molar-refractivity contribution in [3.8, 4) is 6.07 Å². The summed E-state index contributed by atoms with van der Waals surface area (Å²) in [6, 6.07) is 9.76. The van der Waals surface area contributed by atoms with Gasteiger partial charge in [-0.05, 0) is 30.5 Å². The minimum absolute atomic E-state index is 0.0366. The monoisotopic (exact) mass is 268 g/mol. The van der Waals surface area contributed by atoms with Crippen LogP contribution in [0.2, 0.25) is 0 Å². The minimum Gasteiger partial charge on any atom is -0.392 e. The van der Waals surface area contributed by atoms with E-state index in [0.717, 1.165) is 22.4 Å². The van der Waals surface area contributed by atoms with Crippen LogP contribution in [0.4, 0.5) is 5.82 Å². The summed E-state index contributed by atoms with van der Waals surface area (Å²) in [7, 11) is 0. The third kappa shape index (κ3) is 2.92. The number of rotatable bonds is 4. The summed E-state index contributed by atoms with van der Waals surface area (Å²) in [5.74, 6) is 0.502. The molecule has 1 aromatic carbocycles. The van der Waals surface area contributed by atoms with E-state index in [9.17, 15) is 5.26 Å². The molecule has 0 aliphatic carbocycles. The second kappa shape index (κ2) is 6.13. The standard InChI is InChI=1S/C15H16N4O/c1-10-11(2)18-19-15(14(10)7-16)17-8-12-3-5-13(9-20)6-4-12/h3-6,20H,8-9H2,1-2H3,(H,17,19). The first kappa shape index (κ1) is 14.0. The number of benzene rings is 1. The van der Waals surface area contributed by atoms with Crippen LogP contribution >= 0.6 is 0 Å². The fourth-order valence-electron chi connectivity index (χ4n) is 1.82. The van der Waals surface area contributed by atoms with E-state index in [4.69, 9.17) is 5.11 Å². The van der Waals surface area contributed by atoms with Gasteiger partial charge in [-0.1, -0.05) is 24.3 Å². The van der Waals surface area contributed by atoms with E-state index in [-0.39, 0.29) is 6.61 Å². The third-order valence-corrected chi connectivity index (χ3v) is 3.23. The molecule has 2 aromatic rings. The molecule has 0 saturated heterocycles. The van der Waals surface area contributed by atoms with Crippen molar-refractivity contribution in [2.45, 2.75) is 27.0 Å². The third-order valence-electron chi connectivity index (χ3n) is 3.23. The molecule has 2 rings (SSSR count). The first-order valence-electron chi connectivity index (χ1n) is 6.32. The highest BCUT2D eigenvalue weighted by molar-refractivity contribution is 5.55. The average Bonchev–Trinajstić information content (AvgIpc) is 2.49. The Morgan fingerprint density at radius 2 is 1.80 bits per heavy atom. The van der Waals surface area contributed by atoms with Gasteiger partial charge in [0.2, 0.25) is 0 Å². The summed E-state index contributed by atoms with van der Waals surface area (Å²) in [6.45, 7) is 4.29. The molecule has 0 unspecified atom stereocenters. The molecule has 5 nitrogen and oxygen atoms in total. The number of hydrogen-bond donors (Lipinski definition) is 2. The van der Waals surface area contributed by atoms with E-state index in [1.165, 1.54) is 0 Å². The maximum atomic E-state index is 9.20. The highest BCUT2D eigenvalue weighted by Gasteiger charge is 2.10. The van der Waals surface area contributed by atoms with E-state index >= 15 is 0 Å². The number of aliphatic hydroxyl groups excluding tert-OH is 1. The van der Waals surface area contributed by atoms with Crippen molar-refractivity contribution in [3.05, 3.63) is 52.2 Å². The number of aryl methyl sites for hydroxylation is 1. The van der Waals surface area contributed by atoms with Crippen LogP contribution in [0.3, 0.4) is 0 Å². The van der Waals surface area contributed by atoms with Gasteiger partial charge in [-0.15, -0.1) is 5.10 Å². The molecule has 1 heterocycles. The Labute approximate surface area is 117 Å². The van der Waals surface area contributed by atoms with Crippen LogP contribution in [0.25, 0.3) is 0 Å². The summed E-state index contributed by atoms with van der Waals surface area (Å²) in [5.41, 5.74) is 4.06. The van der Waals surface area contributed by atoms with E-state index < -0.39 is 0 Å². The van der Waals surface area contributed by atoms with E-state index in [1.54, 1.807) is 0 Å². The molecule has 0 amide bonds. The van der Waals surface area contributed by atoms with Gasteiger partial charge < -0.3 is 10.4 Å². The number of nitriles is 1. The maximum absolute atomic E-state index is 9.20. The van der Waals surface area contributed by atoms with Gasteiger partial charge in [0.15, 0.2) is 5.82 Å². The fraction of sp³-hybridized carbons (Fsp3) is 0.267. The number of nitrogens with one attached hydrogen (secondary N) is 1. The smallest absolute Gasteiger partial charge is 0.167 e. The number of hydrogen-bond acceptors (Lipinski definition) is 5. The molecule has 102 valence electrons. The van der Waals surface area contributed by atoms with Crippen molar-refractivity contribution in [3.63, 3.8) is 0 Å². The predicted molar refractivity (Wildman–Crippen MR) is 75.9 cm³/mol. The Bertz CT molecular complexity index is 644. The minimum atomic E-state index is 0.0366. The van der Waals surface area contributed by atoms with E-state index in [0.29, 0.717) is 17.9 Å². The molecule has 2 N–H and O–H groups in total. The summed E-state index contributed by atoms with van der Waals surface area (Å²) >= 11 is 0. The zero-order valence-electron chi connectivity index (χ0n) is 11.5. The molecule has 1 aromatic heterocycles. The Kier molecular flexibility index (Phi) is 4.28. The van der Waals surface area contributed by atoms with Crippen molar-refractivity contribution >= 4 is 5.82 Å². The van der Waals surface area contributed by atoms with Crippen LogP contribution in [-0.2, 0) is 13.2 Å². The van der Waals surface area contributed by atoms with Gasteiger partial charge in [-0.3, -0.25) is 0 Å². The molecular formula is C15H16N4O. The Morgan fingerprint density at radius 1 is 1.15 bits per heavy atom. The van der Waals surface area contributed by atoms with Crippen LogP contribution in [-0.4, -0.2) is 15.3 Å². The second-order valence-corrected chi connectivity index (χ2v) is 4.57. The van der Waals surface area contributed by atoms with E-state index in [2.05, 4.69) is 21.6 Å². The van der Waals surface area contributed by atoms with Crippen LogP contribution in [0.1, 0.15) is 27.9 Å². The zero-order valence-corrected chi connectivity index (χ0v) is 11.5. The first-order chi connectivity index (χ1) is 9.65. The molecule has 0 saturated carbocycles. The summed E-state index contributed by atoms with van der Waals surface area (Å²) in [5, 5.41) is 29.4. The van der Waals surface area contributed by atoms with Gasteiger partial charge in [0, 0.05) is 6.54 Å². The van der Waals surface area contributed by atoms with Crippen molar-refractivity contribution in [1.29, 1.82) is 5.26 Å². The van der Waals surface area contributed by atoms with Gasteiger partial charge in [0.1, 0.15) is 11.6 Å². The lowest BCUT2D eigenvalue weighted by Gasteiger charge is -2.09. The molecule has 0 atom stereocenters. The largest absolute Gasteiger partial charge is 0.392 e. The predicted octanol–water partition coefficient (Wildman–Crippen LogP) is 2.07. The van der Waals surface area contributed by atoms with Crippen LogP contribution in [0.15, 0.2) is 24.3 Å². The lowest BCUT2D eigenvalue weighted by molar-refractivity contribution is 0.282. The van der Waals surface area contributed by atoms with E-state index in [1.807, 2.05) is 38.1 Å². The number of anilines is 1. The van der Waals surface area contributed by atoms with Crippen molar-refractivity contribution in [2.75, 3.05) is 5.32 Å². The molecule has 5 heteroatoms. The molecular weight excluding hydrogens is 252 g/mol. The summed E-state index contributed by atoms with van der Waals surface area (Å²) in [6.07, 6.45) is 0. The number of nitrogens with zero attached hydrogens (tertiary/aromatic N) is 3. The van der Waals surface area contributed by atoms with Crippen LogP contribution in [0, 0.1) is 25.2 Å². The van der Waals surface area contributed by atoms with Gasteiger partial charge in [0.05, 0.1) is 12.3 Å². The quantitative estimate of drug-likeness (QED) is 0.887. The molecule has 0 radical (unpaired) electrons. The van der Waals surface area contributed by atoms with Crippen molar-refractivity contribution in [2.24, 2.45) is 0 Å². The van der Waals surface area contributed by atoms with Crippen LogP contribution < -0.4 is 5.32 Å². The number of aliphatic hydroxyl groups is 1. The highest BCUT2D eigenvalue weighted by atomic mass is 16.3. The molecule has 0 aliphatic rings. The lowest BCUT2D eigenvalue weighted by Crippen LogP contribution is -2.07. The van der Waals surface area contributed by atoms with Gasteiger partial charge in [0.25, 0.3) is 0 Å². The van der Waals surface area contributed by atoms with Crippen molar-refractivity contribution in [1.82, 2.24) is 10.2 Å². The highest BCUT2D eigenvalue weighted by Crippen LogP contribution is 2.17. The Balaban J connectivity index is 2.14. The van der Waals surface area contributed by atoms with Crippen LogP contribution in [0.5, 0.6) is 0 Å². The average molecular weight is 268 g/mol.